The summed E-state index contributed by atoms with van der Waals surface area (Å²) < 4.78 is 24.2. The van der Waals surface area contributed by atoms with Gasteiger partial charge in [-0.25, -0.2) is 9.18 Å². The highest BCUT2D eigenvalue weighted by atomic mass is 19.1. The second-order valence-corrected chi connectivity index (χ2v) is 5.99. The molecule has 132 valence electrons. The molecule has 0 saturated carbocycles. The fraction of sp³-hybridized carbons (Fsp3) is 0.529. The Morgan fingerprint density at radius 2 is 2.00 bits per heavy atom. The van der Waals surface area contributed by atoms with E-state index in [0.717, 1.165) is 4.90 Å². The van der Waals surface area contributed by atoms with Crippen LogP contribution in [0.15, 0.2) is 18.2 Å². The number of benzene rings is 1. The third-order valence-corrected chi connectivity index (χ3v) is 3.96. The predicted octanol–water partition coefficient (Wildman–Crippen LogP) is 2.63. The Bertz CT molecular complexity index is 621. The minimum atomic E-state index is -0.609. The second-order valence-electron chi connectivity index (χ2n) is 5.99. The van der Waals surface area contributed by atoms with Crippen LogP contribution in [0.25, 0.3) is 0 Å². The van der Waals surface area contributed by atoms with Crippen LogP contribution < -0.4 is 10.1 Å². The number of carbonyl (C=O) groups is 2. The summed E-state index contributed by atoms with van der Waals surface area (Å²) in [7, 11) is 1.38. The monoisotopic (exact) mass is 338 g/mol. The van der Waals surface area contributed by atoms with E-state index in [0.29, 0.717) is 18.6 Å². The zero-order valence-corrected chi connectivity index (χ0v) is 14.3. The van der Waals surface area contributed by atoms with Crippen molar-refractivity contribution in [3.8, 4) is 5.75 Å². The summed E-state index contributed by atoms with van der Waals surface area (Å²) in [5, 5.41) is 2.65. The van der Waals surface area contributed by atoms with Gasteiger partial charge in [-0.15, -0.1) is 0 Å². The van der Waals surface area contributed by atoms with E-state index >= 15 is 0 Å². The van der Waals surface area contributed by atoms with Gasteiger partial charge in [-0.1, -0.05) is 6.07 Å². The Balaban J connectivity index is 2.09. The average molecular weight is 338 g/mol. The van der Waals surface area contributed by atoms with Crippen LogP contribution in [0.4, 0.5) is 9.18 Å². The molecule has 0 bridgehead atoms. The molecule has 24 heavy (non-hydrogen) atoms. The van der Waals surface area contributed by atoms with E-state index in [-0.39, 0.29) is 17.8 Å². The molecule has 7 heteroatoms. The van der Waals surface area contributed by atoms with E-state index in [1.165, 1.54) is 19.2 Å². The molecule has 1 heterocycles. The van der Waals surface area contributed by atoms with Crippen molar-refractivity contribution in [3.63, 3.8) is 0 Å². The number of nitrogens with zero attached hydrogens (tertiary/aromatic N) is 1. The maximum absolute atomic E-state index is 13.9. The quantitative estimate of drug-likeness (QED) is 0.776. The third-order valence-electron chi connectivity index (χ3n) is 3.96. The molecule has 1 saturated heterocycles. The first-order valence-electron chi connectivity index (χ1n) is 7.93. The first kappa shape index (κ1) is 18.2. The van der Waals surface area contributed by atoms with Gasteiger partial charge in [-0.2, -0.15) is 0 Å². The number of ether oxygens (including phenoxy) is 2. The number of imide groups is 1. The lowest BCUT2D eigenvalue weighted by Gasteiger charge is -2.22. The molecule has 0 spiro atoms. The molecule has 6 nitrogen and oxygen atoms in total. The van der Waals surface area contributed by atoms with E-state index < -0.39 is 23.9 Å². The van der Waals surface area contributed by atoms with Crippen molar-refractivity contribution in [1.82, 2.24) is 10.2 Å². The standard InChI is InChI=1S/C17H23FN2O4/c1-10(2)24-8-7-14-16(21)20(17(22)19-14)11(3)12-5-6-15(23-4)13(18)9-12/h5-6,9-11,14H,7-8H2,1-4H3,(H,19,22)/t11-,14+/m1/s1. The van der Waals surface area contributed by atoms with Crippen molar-refractivity contribution in [2.75, 3.05) is 13.7 Å². The van der Waals surface area contributed by atoms with Crippen LogP contribution in [-0.2, 0) is 9.53 Å². The summed E-state index contributed by atoms with van der Waals surface area (Å²) in [6.45, 7) is 5.88. The highest BCUT2D eigenvalue weighted by Crippen LogP contribution is 2.28. The summed E-state index contributed by atoms with van der Waals surface area (Å²) in [4.78, 5) is 25.8. The van der Waals surface area contributed by atoms with Crippen molar-refractivity contribution >= 4 is 11.9 Å². The van der Waals surface area contributed by atoms with Crippen LogP contribution in [-0.4, -0.2) is 42.7 Å². The SMILES string of the molecule is COc1ccc([C@@H](C)N2C(=O)N[C@@H](CCOC(C)C)C2=O)cc1F. The van der Waals surface area contributed by atoms with Gasteiger partial charge < -0.3 is 14.8 Å². The van der Waals surface area contributed by atoms with E-state index in [1.807, 2.05) is 13.8 Å². The normalized spacial score (nSPS) is 18.9. The third kappa shape index (κ3) is 3.84. The summed E-state index contributed by atoms with van der Waals surface area (Å²) in [6, 6.07) is 2.74. The maximum atomic E-state index is 13.9. The first-order chi connectivity index (χ1) is 11.3. The number of methoxy groups -OCH3 is 1. The topological polar surface area (TPSA) is 67.9 Å². The molecular formula is C17H23FN2O4. The van der Waals surface area contributed by atoms with Crippen molar-refractivity contribution in [1.29, 1.82) is 0 Å². The second kappa shape index (κ2) is 7.61. The lowest BCUT2D eigenvalue weighted by atomic mass is 10.1. The zero-order valence-electron chi connectivity index (χ0n) is 14.3. The molecule has 2 atom stereocenters. The van der Waals surface area contributed by atoms with E-state index in [2.05, 4.69) is 5.32 Å². The highest BCUT2D eigenvalue weighted by molar-refractivity contribution is 6.04. The zero-order chi connectivity index (χ0) is 17.9. The number of amides is 3. The van der Waals surface area contributed by atoms with Gasteiger partial charge in [0.05, 0.1) is 19.3 Å². The highest BCUT2D eigenvalue weighted by Gasteiger charge is 2.40. The molecule has 0 unspecified atom stereocenters. The van der Waals surface area contributed by atoms with Gasteiger partial charge in [0.1, 0.15) is 6.04 Å². The molecule has 1 N–H and O–H groups in total. The fourth-order valence-corrected chi connectivity index (χ4v) is 2.62. The smallest absolute Gasteiger partial charge is 0.325 e. The minimum absolute atomic E-state index is 0.0644. The predicted molar refractivity (Wildman–Crippen MR) is 86.2 cm³/mol. The van der Waals surface area contributed by atoms with Crippen LogP contribution in [0.2, 0.25) is 0 Å². The summed E-state index contributed by atoms with van der Waals surface area (Å²) in [6.07, 6.45) is 0.470. The van der Waals surface area contributed by atoms with Gasteiger partial charge in [-0.05, 0) is 38.5 Å². The minimum Gasteiger partial charge on any atom is -0.494 e. The summed E-state index contributed by atoms with van der Waals surface area (Å²) in [5.74, 6) is -0.737. The van der Waals surface area contributed by atoms with Crippen LogP contribution in [0.5, 0.6) is 5.75 Å². The van der Waals surface area contributed by atoms with E-state index in [4.69, 9.17) is 9.47 Å². The fourth-order valence-electron chi connectivity index (χ4n) is 2.62. The van der Waals surface area contributed by atoms with E-state index in [1.54, 1.807) is 13.0 Å². The van der Waals surface area contributed by atoms with Crippen molar-refractivity contribution in [2.24, 2.45) is 0 Å². The Morgan fingerprint density at radius 3 is 2.58 bits per heavy atom. The number of hydrogen-bond acceptors (Lipinski definition) is 4. The first-order valence-corrected chi connectivity index (χ1v) is 7.93. The lowest BCUT2D eigenvalue weighted by molar-refractivity contribution is -0.129. The Morgan fingerprint density at radius 1 is 1.29 bits per heavy atom. The number of nitrogens with one attached hydrogen (secondary N) is 1. The lowest BCUT2D eigenvalue weighted by Crippen LogP contribution is -2.34. The Kier molecular flexibility index (Phi) is 5.77. The molecule has 1 fully saturated rings. The molecule has 0 radical (unpaired) electrons. The molecule has 0 aromatic heterocycles. The Hall–Kier alpha value is -2.15. The summed E-state index contributed by atoms with van der Waals surface area (Å²) >= 11 is 0. The van der Waals surface area contributed by atoms with Crippen LogP contribution in [0, 0.1) is 5.82 Å². The van der Waals surface area contributed by atoms with Gasteiger partial charge in [0, 0.05) is 13.0 Å². The number of hydrogen-bond donors (Lipinski definition) is 1. The van der Waals surface area contributed by atoms with Crippen LogP contribution in [0.3, 0.4) is 0 Å². The van der Waals surface area contributed by atoms with Crippen molar-refractivity contribution < 1.29 is 23.5 Å². The Labute approximate surface area is 140 Å². The molecule has 1 aromatic carbocycles. The number of urea groups is 1. The van der Waals surface area contributed by atoms with Crippen LogP contribution >= 0.6 is 0 Å². The largest absolute Gasteiger partial charge is 0.494 e. The maximum Gasteiger partial charge on any atom is 0.325 e. The van der Waals surface area contributed by atoms with Gasteiger partial charge in [0.25, 0.3) is 5.91 Å². The molecule has 0 aliphatic carbocycles. The van der Waals surface area contributed by atoms with Crippen molar-refractivity contribution in [3.05, 3.63) is 29.6 Å². The molecule has 1 aromatic rings. The van der Waals surface area contributed by atoms with Gasteiger partial charge in [0.2, 0.25) is 0 Å². The van der Waals surface area contributed by atoms with Crippen molar-refractivity contribution in [2.45, 2.75) is 45.4 Å². The summed E-state index contributed by atoms with van der Waals surface area (Å²) in [5.41, 5.74) is 0.524. The number of rotatable bonds is 7. The van der Waals surface area contributed by atoms with Crippen LogP contribution in [0.1, 0.15) is 38.8 Å². The number of halogens is 1. The number of carbonyl (C=O) groups excluding carboxylic acids is 2. The molecular weight excluding hydrogens is 315 g/mol. The van der Waals surface area contributed by atoms with Gasteiger partial charge >= 0.3 is 6.03 Å². The molecule has 2 rings (SSSR count). The molecule has 3 amide bonds. The molecule has 1 aliphatic heterocycles. The van der Waals surface area contributed by atoms with Gasteiger partial charge in [0.15, 0.2) is 11.6 Å². The molecule has 1 aliphatic rings. The average Bonchev–Trinajstić information content (AvgIpc) is 2.80. The van der Waals surface area contributed by atoms with E-state index in [9.17, 15) is 14.0 Å². The van der Waals surface area contributed by atoms with Gasteiger partial charge in [-0.3, -0.25) is 9.69 Å².